The molecular formula is C9H11N3O3S. The maximum absolute atomic E-state index is 11.5. The molecule has 1 heterocycles. The third-order valence-corrected chi connectivity index (χ3v) is 2.22. The van der Waals surface area contributed by atoms with Crippen molar-refractivity contribution in [3.05, 3.63) is 17.5 Å². The zero-order valence-corrected chi connectivity index (χ0v) is 9.69. The number of carbonyl (C=O) groups is 1. The Bertz CT molecular complexity index is 409. The second-order valence-corrected chi connectivity index (χ2v) is 3.39. The van der Waals surface area contributed by atoms with E-state index in [1.165, 1.54) is 18.0 Å². The minimum absolute atomic E-state index is 0.178. The van der Waals surface area contributed by atoms with E-state index in [0.717, 1.165) is 6.21 Å². The lowest BCUT2D eigenvalue weighted by Crippen LogP contribution is -2.11. The summed E-state index contributed by atoms with van der Waals surface area (Å²) in [5, 5.41) is 11.8. The second kappa shape index (κ2) is 6.06. The Morgan fingerprint density at radius 1 is 1.75 bits per heavy atom. The van der Waals surface area contributed by atoms with Crippen LogP contribution in [-0.4, -0.2) is 40.2 Å². The van der Waals surface area contributed by atoms with Crippen LogP contribution in [0.5, 0.6) is 0 Å². The van der Waals surface area contributed by atoms with Crippen LogP contribution in [0.25, 0.3) is 0 Å². The number of oxime groups is 1. The summed E-state index contributed by atoms with van der Waals surface area (Å²) < 4.78 is 4.82. The van der Waals surface area contributed by atoms with E-state index in [2.05, 4.69) is 15.1 Å². The predicted octanol–water partition coefficient (Wildman–Crippen LogP) is 1.18. The number of carbonyl (C=O) groups excluding carboxylic acids is 1. The molecule has 0 spiro atoms. The molecule has 0 aromatic carbocycles. The fourth-order valence-electron chi connectivity index (χ4n) is 0.996. The average molecular weight is 241 g/mol. The summed E-state index contributed by atoms with van der Waals surface area (Å²) in [6.07, 6.45) is 4.24. The van der Waals surface area contributed by atoms with Crippen LogP contribution in [0, 0.1) is 0 Å². The molecule has 0 saturated heterocycles. The minimum Gasteiger partial charge on any atom is -0.462 e. The number of hydrogen-bond donors (Lipinski definition) is 1. The van der Waals surface area contributed by atoms with E-state index >= 15 is 0 Å². The molecule has 0 atom stereocenters. The van der Waals surface area contributed by atoms with Gasteiger partial charge in [-0.05, 0) is 13.2 Å². The number of aromatic nitrogens is 2. The van der Waals surface area contributed by atoms with E-state index in [4.69, 9.17) is 9.94 Å². The van der Waals surface area contributed by atoms with Crippen molar-refractivity contribution in [2.75, 3.05) is 12.9 Å². The van der Waals surface area contributed by atoms with Gasteiger partial charge in [-0.2, -0.15) is 0 Å². The maximum Gasteiger partial charge on any atom is 0.341 e. The molecule has 0 amide bonds. The number of rotatable bonds is 4. The number of esters is 1. The van der Waals surface area contributed by atoms with Crippen molar-refractivity contribution < 1.29 is 14.7 Å². The molecule has 1 N–H and O–H groups in total. The molecule has 0 saturated carbocycles. The van der Waals surface area contributed by atoms with Gasteiger partial charge < -0.3 is 9.94 Å². The van der Waals surface area contributed by atoms with Gasteiger partial charge in [0.1, 0.15) is 11.3 Å². The molecular weight excluding hydrogens is 230 g/mol. The molecule has 0 unspecified atom stereocenters. The molecule has 86 valence electrons. The number of nitrogens with zero attached hydrogens (tertiary/aromatic N) is 3. The van der Waals surface area contributed by atoms with Crippen LogP contribution in [0.3, 0.4) is 0 Å². The first-order chi connectivity index (χ1) is 7.72. The van der Waals surface area contributed by atoms with Crippen LogP contribution >= 0.6 is 11.8 Å². The molecule has 1 aromatic rings. The summed E-state index contributed by atoms with van der Waals surface area (Å²) in [5.74, 6) is -0.537. The van der Waals surface area contributed by atoms with Crippen LogP contribution in [-0.2, 0) is 4.74 Å². The van der Waals surface area contributed by atoms with Gasteiger partial charge in [-0.3, -0.25) is 0 Å². The van der Waals surface area contributed by atoms with Crippen LogP contribution in [0.15, 0.2) is 16.5 Å². The Morgan fingerprint density at radius 3 is 3.06 bits per heavy atom. The summed E-state index contributed by atoms with van der Waals surface area (Å²) in [7, 11) is 0. The second-order valence-electron chi connectivity index (χ2n) is 2.62. The fraction of sp³-hybridized carbons (Fsp3) is 0.333. The highest BCUT2D eigenvalue weighted by Gasteiger charge is 2.14. The van der Waals surface area contributed by atoms with Gasteiger partial charge in [0.05, 0.1) is 12.8 Å². The van der Waals surface area contributed by atoms with Gasteiger partial charge in [0.15, 0.2) is 5.16 Å². The van der Waals surface area contributed by atoms with Crippen LogP contribution < -0.4 is 0 Å². The van der Waals surface area contributed by atoms with E-state index in [1.54, 1.807) is 13.2 Å². The predicted molar refractivity (Wildman–Crippen MR) is 59.2 cm³/mol. The third kappa shape index (κ3) is 2.93. The monoisotopic (exact) mass is 241 g/mol. The molecule has 0 bridgehead atoms. The fourth-order valence-corrected chi connectivity index (χ4v) is 1.34. The molecule has 16 heavy (non-hydrogen) atoms. The normalized spacial score (nSPS) is 10.6. The molecule has 0 aliphatic carbocycles. The largest absolute Gasteiger partial charge is 0.462 e. The van der Waals surface area contributed by atoms with Gasteiger partial charge >= 0.3 is 5.97 Å². The summed E-state index contributed by atoms with van der Waals surface area (Å²) in [6, 6.07) is 0. The highest BCUT2D eigenvalue weighted by atomic mass is 32.2. The van der Waals surface area contributed by atoms with E-state index in [1.807, 2.05) is 0 Å². The Morgan fingerprint density at radius 2 is 2.50 bits per heavy atom. The highest BCUT2D eigenvalue weighted by Crippen LogP contribution is 2.11. The van der Waals surface area contributed by atoms with Gasteiger partial charge in [0.25, 0.3) is 0 Å². The first-order valence-electron chi connectivity index (χ1n) is 4.48. The Labute approximate surface area is 96.7 Å². The maximum atomic E-state index is 11.5. The molecule has 7 heteroatoms. The van der Waals surface area contributed by atoms with Gasteiger partial charge in [-0.25, -0.2) is 14.8 Å². The van der Waals surface area contributed by atoms with Crippen molar-refractivity contribution in [3.63, 3.8) is 0 Å². The molecule has 0 fully saturated rings. The van der Waals surface area contributed by atoms with Crippen molar-refractivity contribution in [2.24, 2.45) is 5.16 Å². The van der Waals surface area contributed by atoms with Gasteiger partial charge in [-0.1, -0.05) is 16.9 Å². The average Bonchev–Trinajstić information content (AvgIpc) is 2.29. The molecule has 1 aromatic heterocycles. The van der Waals surface area contributed by atoms with Crippen LogP contribution in [0.4, 0.5) is 0 Å². The molecule has 1 rings (SSSR count). The molecule has 0 aliphatic heterocycles. The van der Waals surface area contributed by atoms with E-state index in [9.17, 15) is 4.79 Å². The van der Waals surface area contributed by atoms with Crippen LogP contribution in [0.2, 0.25) is 0 Å². The zero-order valence-electron chi connectivity index (χ0n) is 8.88. The van der Waals surface area contributed by atoms with Crippen molar-refractivity contribution in [3.8, 4) is 0 Å². The molecule has 0 radical (unpaired) electrons. The lowest BCUT2D eigenvalue weighted by molar-refractivity contribution is 0.0525. The zero-order chi connectivity index (χ0) is 12.0. The SMILES string of the molecule is CCOC(=O)c1cnc(SC)nc1/C=N/O. The molecule has 0 aliphatic rings. The number of thioether (sulfide) groups is 1. The van der Waals surface area contributed by atoms with E-state index < -0.39 is 5.97 Å². The van der Waals surface area contributed by atoms with Gasteiger partial charge in [-0.15, -0.1) is 0 Å². The smallest absolute Gasteiger partial charge is 0.341 e. The summed E-state index contributed by atoms with van der Waals surface area (Å²) in [5.41, 5.74) is 0.415. The standard InChI is InChI=1S/C9H11N3O3S/c1-3-15-8(13)6-4-10-9(16-2)12-7(6)5-11-14/h4-5,14H,3H2,1-2H3/b11-5+. The van der Waals surface area contributed by atoms with Crippen molar-refractivity contribution in [1.82, 2.24) is 9.97 Å². The molecule has 6 nitrogen and oxygen atoms in total. The summed E-state index contributed by atoms with van der Waals surface area (Å²) >= 11 is 1.32. The van der Waals surface area contributed by atoms with E-state index in [-0.39, 0.29) is 17.9 Å². The van der Waals surface area contributed by atoms with Crippen molar-refractivity contribution >= 4 is 23.9 Å². The van der Waals surface area contributed by atoms with Crippen molar-refractivity contribution in [2.45, 2.75) is 12.1 Å². The first kappa shape index (κ1) is 12.4. The number of ether oxygens (including phenoxy) is 1. The van der Waals surface area contributed by atoms with Gasteiger partial charge in [0.2, 0.25) is 0 Å². The lowest BCUT2D eigenvalue weighted by atomic mass is 10.2. The summed E-state index contributed by atoms with van der Waals surface area (Å²) in [4.78, 5) is 19.5. The Hall–Kier alpha value is -1.63. The number of hydrogen-bond acceptors (Lipinski definition) is 7. The summed E-state index contributed by atoms with van der Waals surface area (Å²) in [6.45, 7) is 1.97. The Kier molecular flexibility index (Phi) is 4.71. The van der Waals surface area contributed by atoms with E-state index in [0.29, 0.717) is 5.16 Å². The first-order valence-corrected chi connectivity index (χ1v) is 5.71. The van der Waals surface area contributed by atoms with Crippen molar-refractivity contribution in [1.29, 1.82) is 0 Å². The minimum atomic E-state index is -0.537. The Balaban J connectivity index is 3.12. The quantitative estimate of drug-likeness (QED) is 0.213. The van der Waals surface area contributed by atoms with Crippen LogP contribution in [0.1, 0.15) is 23.0 Å². The highest BCUT2D eigenvalue weighted by molar-refractivity contribution is 7.98. The third-order valence-electron chi connectivity index (χ3n) is 1.65. The van der Waals surface area contributed by atoms with Gasteiger partial charge in [0, 0.05) is 6.20 Å². The lowest BCUT2D eigenvalue weighted by Gasteiger charge is -2.04. The topological polar surface area (TPSA) is 84.7 Å².